The second-order valence-electron chi connectivity index (χ2n) is 6.19. The minimum Gasteiger partial charge on any atom is -0.491 e. The first-order chi connectivity index (χ1) is 13.0. The third-order valence-corrected chi connectivity index (χ3v) is 5.84. The monoisotopic (exact) mass is 414 g/mol. The predicted octanol–water partition coefficient (Wildman–Crippen LogP) is 3.77. The molecule has 0 N–H and O–H groups in total. The minimum absolute atomic E-state index is 0.00988. The van der Waals surface area contributed by atoms with E-state index in [4.69, 9.17) is 25.3 Å². The molecule has 146 valence electrons. The van der Waals surface area contributed by atoms with Gasteiger partial charge in [0.2, 0.25) is 0 Å². The molecule has 0 spiro atoms. The van der Waals surface area contributed by atoms with Crippen LogP contribution in [0, 0.1) is 5.82 Å². The van der Waals surface area contributed by atoms with Crippen LogP contribution in [0.2, 0.25) is 0 Å². The summed E-state index contributed by atoms with van der Waals surface area (Å²) in [7, 11) is -3.92. The van der Waals surface area contributed by atoms with Crippen LogP contribution < -0.4 is 4.74 Å². The van der Waals surface area contributed by atoms with Gasteiger partial charge in [-0.05, 0) is 49.2 Å². The van der Waals surface area contributed by atoms with Crippen molar-refractivity contribution in [3.8, 4) is 5.75 Å². The summed E-state index contributed by atoms with van der Waals surface area (Å²) in [6, 6.07) is 13.4. The summed E-state index contributed by atoms with van der Waals surface area (Å²) in [4.78, 5) is 0.0816. The molecule has 2 aromatic rings. The first-order valence-corrected chi connectivity index (χ1v) is 10.5. The molecule has 1 aliphatic rings. The molecule has 0 amide bonds. The van der Waals surface area contributed by atoms with E-state index in [2.05, 4.69) is 0 Å². The third kappa shape index (κ3) is 5.90. The molecule has 3 atom stereocenters. The van der Waals surface area contributed by atoms with Gasteiger partial charge in [-0.3, -0.25) is 4.18 Å². The summed E-state index contributed by atoms with van der Waals surface area (Å²) < 4.78 is 54.4. The van der Waals surface area contributed by atoms with Gasteiger partial charge in [0.1, 0.15) is 24.3 Å². The summed E-state index contributed by atoms with van der Waals surface area (Å²) in [5, 5.41) is 0. The van der Waals surface area contributed by atoms with E-state index >= 15 is 0 Å². The first kappa shape index (κ1) is 20.1. The Morgan fingerprint density at radius 3 is 2.41 bits per heavy atom. The van der Waals surface area contributed by atoms with Crippen LogP contribution in [0.4, 0.5) is 4.39 Å². The van der Waals surface area contributed by atoms with Crippen molar-refractivity contribution in [3.05, 3.63) is 60.4 Å². The molecule has 5 nitrogen and oxygen atoms in total. The van der Waals surface area contributed by atoms with Crippen molar-refractivity contribution in [2.24, 2.45) is 0 Å². The van der Waals surface area contributed by atoms with E-state index in [0.29, 0.717) is 24.5 Å². The molecule has 27 heavy (non-hydrogen) atoms. The Morgan fingerprint density at radius 2 is 1.78 bits per heavy atom. The van der Waals surface area contributed by atoms with Crippen LogP contribution in [-0.4, -0.2) is 39.2 Å². The average Bonchev–Trinajstić information content (AvgIpc) is 3.44. The van der Waals surface area contributed by atoms with E-state index in [-0.39, 0.29) is 29.5 Å². The zero-order chi connectivity index (χ0) is 19.3. The Morgan fingerprint density at radius 1 is 1.07 bits per heavy atom. The van der Waals surface area contributed by atoms with E-state index < -0.39 is 16.2 Å². The van der Waals surface area contributed by atoms with Gasteiger partial charge in [-0.15, -0.1) is 11.6 Å². The van der Waals surface area contributed by atoms with Crippen molar-refractivity contribution in [3.63, 3.8) is 0 Å². The maximum Gasteiger partial charge on any atom is 0.297 e. The molecule has 3 unspecified atom stereocenters. The number of halogens is 2. The number of alkyl halides is 1. The Balaban J connectivity index is 1.64. The van der Waals surface area contributed by atoms with Crippen LogP contribution in [-0.2, 0) is 19.0 Å². The number of ether oxygens (including phenoxy) is 2. The Hall–Kier alpha value is -1.67. The van der Waals surface area contributed by atoms with Gasteiger partial charge in [0.05, 0.1) is 23.0 Å². The van der Waals surface area contributed by atoms with Crippen LogP contribution in [0.15, 0.2) is 59.5 Å². The number of hydrogen-bond acceptors (Lipinski definition) is 5. The fourth-order valence-electron chi connectivity index (χ4n) is 2.62. The molecule has 1 aliphatic heterocycles. The molecule has 1 fully saturated rings. The fourth-order valence-corrected chi connectivity index (χ4v) is 4.00. The summed E-state index contributed by atoms with van der Waals surface area (Å²) in [6.07, 6.45) is 0.347. The molecule has 1 saturated heterocycles. The molecule has 1 heterocycles. The van der Waals surface area contributed by atoms with E-state index in [1.165, 1.54) is 36.4 Å². The molecular weight excluding hydrogens is 395 g/mol. The van der Waals surface area contributed by atoms with Gasteiger partial charge in [0.15, 0.2) is 0 Å². The van der Waals surface area contributed by atoms with Gasteiger partial charge >= 0.3 is 0 Å². The zero-order valence-electron chi connectivity index (χ0n) is 14.5. The molecule has 0 aromatic heterocycles. The SMILES string of the molecule is O=S(=O)(OC(CCC1OC1CCl)COc1ccc(F)cc1)c1ccccc1. The number of epoxide rings is 1. The molecule has 0 aliphatic carbocycles. The molecule has 0 radical (unpaired) electrons. The lowest BCUT2D eigenvalue weighted by Gasteiger charge is -2.18. The van der Waals surface area contributed by atoms with E-state index in [1.54, 1.807) is 18.2 Å². The molecule has 3 rings (SSSR count). The van der Waals surface area contributed by atoms with Crippen molar-refractivity contribution < 1.29 is 26.5 Å². The first-order valence-electron chi connectivity index (χ1n) is 8.56. The Labute approximate surface area is 163 Å². The lowest BCUT2D eigenvalue weighted by Crippen LogP contribution is -2.26. The number of hydrogen-bond donors (Lipinski definition) is 0. The highest BCUT2D eigenvalue weighted by Crippen LogP contribution is 2.29. The quantitative estimate of drug-likeness (QED) is 0.336. The second kappa shape index (κ2) is 9.01. The van der Waals surface area contributed by atoms with Crippen LogP contribution >= 0.6 is 11.6 Å². The van der Waals surface area contributed by atoms with Crippen molar-refractivity contribution in [1.29, 1.82) is 0 Å². The lowest BCUT2D eigenvalue weighted by atomic mass is 10.1. The fraction of sp³-hybridized carbons (Fsp3) is 0.368. The van der Waals surface area contributed by atoms with Crippen LogP contribution in [0.25, 0.3) is 0 Å². The normalized spacial score (nSPS) is 20.2. The van der Waals surface area contributed by atoms with Crippen molar-refractivity contribution >= 4 is 21.7 Å². The van der Waals surface area contributed by atoms with Crippen LogP contribution in [0.1, 0.15) is 12.8 Å². The van der Waals surface area contributed by atoms with E-state index in [0.717, 1.165) is 0 Å². The largest absolute Gasteiger partial charge is 0.491 e. The summed E-state index contributed by atoms with van der Waals surface area (Å²) in [5.41, 5.74) is 0. The maximum absolute atomic E-state index is 13.0. The molecule has 2 aromatic carbocycles. The highest BCUT2D eigenvalue weighted by Gasteiger charge is 2.38. The Bertz CT molecular complexity index is 829. The molecule has 0 bridgehead atoms. The summed E-state index contributed by atoms with van der Waals surface area (Å²) >= 11 is 5.74. The highest BCUT2D eigenvalue weighted by atomic mass is 35.5. The molecule has 0 saturated carbocycles. The summed E-state index contributed by atoms with van der Waals surface area (Å²) in [6.45, 7) is 0.00988. The van der Waals surface area contributed by atoms with Crippen LogP contribution in [0.5, 0.6) is 5.75 Å². The third-order valence-electron chi connectivity index (χ3n) is 4.16. The van der Waals surface area contributed by atoms with Gasteiger partial charge in [0, 0.05) is 0 Å². The van der Waals surface area contributed by atoms with Gasteiger partial charge in [0.25, 0.3) is 10.1 Å². The predicted molar refractivity (Wildman–Crippen MR) is 99.0 cm³/mol. The average molecular weight is 415 g/mol. The van der Waals surface area contributed by atoms with E-state index in [1.807, 2.05) is 0 Å². The molecular formula is C19H20ClFO5S. The Kier molecular flexibility index (Phi) is 6.70. The van der Waals surface area contributed by atoms with Crippen molar-refractivity contribution in [2.45, 2.75) is 36.0 Å². The van der Waals surface area contributed by atoms with Crippen molar-refractivity contribution in [2.75, 3.05) is 12.5 Å². The van der Waals surface area contributed by atoms with Gasteiger partial charge in [-0.25, -0.2) is 4.39 Å². The van der Waals surface area contributed by atoms with Gasteiger partial charge in [-0.1, -0.05) is 18.2 Å². The van der Waals surface area contributed by atoms with E-state index in [9.17, 15) is 12.8 Å². The minimum atomic E-state index is -3.92. The number of rotatable bonds is 10. The molecule has 8 heteroatoms. The van der Waals surface area contributed by atoms with Gasteiger partial charge in [-0.2, -0.15) is 8.42 Å². The summed E-state index contributed by atoms with van der Waals surface area (Å²) in [5.74, 6) is 0.466. The van der Waals surface area contributed by atoms with Crippen LogP contribution in [0.3, 0.4) is 0 Å². The van der Waals surface area contributed by atoms with Gasteiger partial charge < -0.3 is 9.47 Å². The standard InChI is InChI=1S/C19H20ClFO5S/c20-12-19-18(25-19)11-10-16(13-24-15-8-6-14(21)7-9-15)26-27(22,23)17-4-2-1-3-5-17/h1-9,16,18-19H,10-13H2. The zero-order valence-corrected chi connectivity index (χ0v) is 16.0. The smallest absolute Gasteiger partial charge is 0.297 e. The highest BCUT2D eigenvalue weighted by molar-refractivity contribution is 7.86. The van der Waals surface area contributed by atoms with Crippen molar-refractivity contribution in [1.82, 2.24) is 0 Å². The topological polar surface area (TPSA) is 65.1 Å². The maximum atomic E-state index is 13.0. The lowest BCUT2D eigenvalue weighted by molar-refractivity contribution is 0.122. The number of benzene rings is 2. The second-order valence-corrected chi connectivity index (χ2v) is 8.08.